The summed E-state index contributed by atoms with van der Waals surface area (Å²) in [6.07, 6.45) is 5.12. The van der Waals surface area contributed by atoms with Gasteiger partial charge in [-0.25, -0.2) is 0 Å². The summed E-state index contributed by atoms with van der Waals surface area (Å²) in [5, 5.41) is 2.62. The Balaban J connectivity index is 2.41. The molecule has 0 saturated heterocycles. The highest BCUT2D eigenvalue weighted by molar-refractivity contribution is 7.88. The lowest BCUT2D eigenvalue weighted by Gasteiger charge is -2.02. The van der Waals surface area contributed by atoms with Crippen LogP contribution in [-0.2, 0) is 0 Å². The van der Waals surface area contributed by atoms with Crippen molar-refractivity contribution in [1.29, 1.82) is 0 Å². The second-order valence-corrected chi connectivity index (χ2v) is 3.09. The van der Waals surface area contributed by atoms with Gasteiger partial charge in [-0.2, -0.15) is 0 Å². The molecular weight excluding hydrogens is 148 g/mol. The van der Waals surface area contributed by atoms with Crippen LogP contribution < -0.4 is 0 Å². The van der Waals surface area contributed by atoms with E-state index in [1.54, 1.807) is 0 Å². The van der Waals surface area contributed by atoms with Gasteiger partial charge in [0.05, 0.1) is 5.37 Å². The van der Waals surface area contributed by atoms with Crippen molar-refractivity contribution in [3.8, 4) is 0 Å². The molecule has 0 N–H and O–H groups in total. The summed E-state index contributed by atoms with van der Waals surface area (Å²) in [6.45, 7) is 0. The van der Waals surface area contributed by atoms with Crippen molar-refractivity contribution in [3.63, 3.8) is 0 Å². The number of thiocarbonyl (C=S) groups is 2. The molecule has 0 bridgehead atoms. The summed E-state index contributed by atoms with van der Waals surface area (Å²) in [6, 6.07) is 0. The van der Waals surface area contributed by atoms with Crippen LogP contribution in [0.2, 0.25) is 0 Å². The maximum atomic E-state index is 5.00. The molecule has 0 aromatic carbocycles. The Morgan fingerprint density at radius 2 is 1.89 bits per heavy atom. The Bertz CT molecular complexity index is 123. The van der Waals surface area contributed by atoms with E-state index < -0.39 is 0 Å². The van der Waals surface area contributed by atoms with Gasteiger partial charge >= 0.3 is 0 Å². The molecular formula is C7H9S2. The fourth-order valence-electron chi connectivity index (χ4n) is 1.27. The van der Waals surface area contributed by atoms with Gasteiger partial charge in [0, 0.05) is 4.86 Å². The van der Waals surface area contributed by atoms with Crippen molar-refractivity contribution >= 4 is 34.7 Å². The Kier molecular flexibility index (Phi) is 2.73. The largest absolute Gasteiger partial charge is 0.0830 e. The summed E-state index contributed by atoms with van der Waals surface area (Å²) in [4.78, 5) is 0.877. The highest BCUT2D eigenvalue weighted by Gasteiger charge is 2.17. The molecule has 1 aliphatic carbocycles. The van der Waals surface area contributed by atoms with E-state index in [-0.39, 0.29) is 0 Å². The molecule has 0 nitrogen and oxygen atoms in total. The summed E-state index contributed by atoms with van der Waals surface area (Å²) >= 11 is 9.62. The lowest BCUT2D eigenvalue weighted by atomic mass is 10.1. The predicted octanol–water partition coefficient (Wildman–Crippen LogP) is 2.42. The summed E-state index contributed by atoms with van der Waals surface area (Å²) in [7, 11) is 0. The predicted molar refractivity (Wildman–Crippen MR) is 47.2 cm³/mol. The second kappa shape index (κ2) is 3.37. The molecule has 1 radical (unpaired) electrons. The van der Waals surface area contributed by atoms with Crippen LogP contribution in [0.1, 0.15) is 25.7 Å². The molecule has 0 unspecified atom stereocenters. The zero-order valence-corrected chi connectivity index (χ0v) is 6.86. The van der Waals surface area contributed by atoms with Crippen molar-refractivity contribution in [2.24, 2.45) is 5.92 Å². The van der Waals surface area contributed by atoms with Gasteiger partial charge in [0.2, 0.25) is 0 Å². The second-order valence-electron chi connectivity index (χ2n) is 2.45. The summed E-state index contributed by atoms with van der Waals surface area (Å²) in [5.41, 5.74) is 0. The quantitative estimate of drug-likeness (QED) is 0.565. The van der Waals surface area contributed by atoms with Gasteiger partial charge in [-0.05, 0) is 18.8 Å². The Morgan fingerprint density at radius 3 is 2.33 bits per heavy atom. The normalized spacial score (nSPS) is 20.0. The van der Waals surface area contributed by atoms with Crippen LogP contribution in [0.3, 0.4) is 0 Å². The zero-order chi connectivity index (χ0) is 6.69. The van der Waals surface area contributed by atoms with E-state index >= 15 is 0 Å². The van der Waals surface area contributed by atoms with Gasteiger partial charge in [0.15, 0.2) is 0 Å². The minimum Gasteiger partial charge on any atom is -0.0830 e. The topological polar surface area (TPSA) is 0 Å². The molecule has 1 fully saturated rings. The third-order valence-electron chi connectivity index (χ3n) is 1.83. The van der Waals surface area contributed by atoms with Gasteiger partial charge < -0.3 is 0 Å². The van der Waals surface area contributed by atoms with Crippen LogP contribution in [0.5, 0.6) is 0 Å². The van der Waals surface area contributed by atoms with Gasteiger partial charge in [0.1, 0.15) is 0 Å². The van der Waals surface area contributed by atoms with E-state index in [2.05, 4.69) is 17.6 Å². The molecule has 1 aliphatic rings. The van der Waals surface area contributed by atoms with Crippen LogP contribution in [0.25, 0.3) is 0 Å². The SMILES string of the molecule is S=[C]C(=S)C1CCCC1. The minimum absolute atomic E-state index is 0.595. The van der Waals surface area contributed by atoms with Crippen LogP contribution in [0.4, 0.5) is 0 Å². The van der Waals surface area contributed by atoms with E-state index in [1.807, 2.05) is 0 Å². The number of rotatable bonds is 2. The molecule has 0 atom stereocenters. The average molecular weight is 157 g/mol. The highest BCUT2D eigenvalue weighted by atomic mass is 32.1. The Hall–Kier alpha value is 0.180. The molecule has 0 spiro atoms. The smallest absolute Gasteiger partial charge is 0.0711 e. The third-order valence-corrected chi connectivity index (χ3v) is 2.61. The molecule has 0 heterocycles. The fraction of sp³-hybridized carbons (Fsp3) is 0.714. The van der Waals surface area contributed by atoms with Gasteiger partial charge in [0.25, 0.3) is 0 Å². The lowest BCUT2D eigenvalue weighted by molar-refractivity contribution is 0.747. The minimum atomic E-state index is 0.595. The van der Waals surface area contributed by atoms with E-state index in [9.17, 15) is 0 Å². The number of hydrogen-bond acceptors (Lipinski definition) is 2. The van der Waals surface area contributed by atoms with Crippen LogP contribution in [-0.4, -0.2) is 10.2 Å². The Labute approximate surface area is 66.6 Å². The number of hydrogen-bond donors (Lipinski definition) is 0. The molecule has 0 amide bonds. The molecule has 0 aliphatic heterocycles. The van der Waals surface area contributed by atoms with Gasteiger partial charge in [-0.3, -0.25) is 0 Å². The summed E-state index contributed by atoms with van der Waals surface area (Å²) in [5.74, 6) is 0.595. The maximum absolute atomic E-state index is 5.00. The van der Waals surface area contributed by atoms with Crippen molar-refractivity contribution in [3.05, 3.63) is 0 Å². The fourth-order valence-corrected chi connectivity index (χ4v) is 1.67. The molecule has 2 heteroatoms. The summed E-state index contributed by atoms with van der Waals surface area (Å²) < 4.78 is 0. The first-order chi connectivity index (χ1) is 4.34. The van der Waals surface area contributed by atoms with Crippen LogP contribution in [0, 0.1) is 5.92 Å². The molecule has 0 aromatic heterocycles. The van der Waals surface area contributed by atoms with Crippen molar-refractivity contribution in [1.82, 2.24) is 0 Å². The first kappa shape index (κ1) is 7.29. The zero-order valence-electron chi connectivity index (χ0n) is 5.22. The first-order valence-corrected chi connectivity index (χ1v) is 4.08. The highest BCUT2D eigenvalue weighted by Crippen LogP contribution is 2.25. The standard InChI is InChI=1S/C7H9S2/c8-5-7(9)6-3-1-2-4-6/h6H,1-4H2. The molecule has 1 saturated carbocycles. The molecule has 9 heavy (non-hydrogen) atoms. The first-order valence-electron chi connectivity index (χ1n) is 3.26. The van der Waals surface area contributed by atoms with E-state index in [4.69, 9.17) is 12.2 Å². The maximum Gasteiger partial charge on any atom is 0.0711 e. The van der Waals surface area contributed by atoms with Gasteiger partial charge in [-0.1, -0.05) is 37.3 Å². The van der Waals surface area contributed by atoms with E-state index in [0.717, 1.165) is 4.86 Å². The third kappa shape index (κ3) is 1.80. The van der Waals surface area contributed by atoms with E-state index in [0.29, 0.717) is 5.92 Å². The van der Waals surface area contributed by atoms with E-state index in [1.165, 1.54) is 25.7 Å². The van der Waals surface area contributed by atoms with Crippen molar-refractivity contribution in [2.75, 3.05) is 0 Å². The Morgan fingerprint density at radius 1 is 1.33 bits per heavy atom. The average Bonchev–Trinajstić information content (AvgIpc) is 2.37. The van der Waals surface area contributed by atoms with Crippen LogP contribution >= 0.6 is 24.4 Å². The molecule has 1 rings (SSSR count). The molecule has 0 aromatic rings. The lowest BCUT2D eigenvalue weighted by Crippen LogP contribution is -2.07. The van der Waals surface area contributed by atoms with Crippen molar-refractivity contribution in [2.45, 2.75) is 25.7 Å². The monoisotopic (exact) mass is 157 g/mol. The van der Waals surface area contributed by atoms with Crippen molar-refractivity contribution < 1.29 is 0 Å². The van der Waals surface area contributed by atoms with Crippen LogP contribution in [0.15, 0.2) is 0 Å². The van der Waals surface area contributed by atoms with Gasteiger partial charge in [-0.15, -0.1) is 0 Å². The molecule has 49 valence electrons.